The van der Waals surface area contributed by atoms with Gasteiger partial charge < -0.3 is 10.4 Å². The number of aromatic carboxylic acids is 1. The highest BCUT2D eigenvalue weighted by molar-refractivity contribution is 5.95. The van der Waals surface area contributed by atoms with E-state index in [-0.39, 0.29) is 17.4 Å². The van der Waals surface area contributed by atoms with Gasteiger partial charge in [0.15, 0.2) is 0 Å². The first kappa shape index (κ1) is 17.7. The van der Waals surface area contributed by atoms with E-state index < -0.39 is 5.97 Å². The fraction of sp³-hybridized carbons (Fsp3) is 0.389. The second-order valence-corrected chi connectivity index (χ2v) is 6.20. The van der Waals surface area contributed by atoms with Crippen LogP contribution < -0.4 is 5.32 Å². The molecule has 0 aliphatic carbocycles. The van der Waals surface area contributed by atoms with E-state index in [1.165, 1.54) is 6.07 Å². The van der Waals surface area contributed by atoms with Gasteiger partial charge in [0.05, 0.1) is 11.3 Å². The Morgan fingerprint density at radius 3 is 2.50 bits per heavy atom. The maximum atomic E-state index is 12.4. The molecule has 6 heteroatoms. The Morgan fingerprint density at radius 2 is 1.96 bits per heavy atom. The molecular formula is C18H23N3O3. The van der Waals surface area contributed by atoms with Crippen molar-refractivity contribution in [1.82, 2.24) is 9.78 Å². The summed E-state index contributed by atoms with van der Waals surface area (Å²) in [5, 5.41) is 16.3. The Labute approximate surface area is 141 Å². The Kier molecular flexibility index (Phi) is 5.07. The minimum atomic E-state index is -1.00. The Morgan fingerprint density at radius 1 is 1.29 bits per heavy atom. The molecule has 1 amide bonds. The predicted molar refractivity (Wildman–Crippen MR) is 92.3 cm³/mol. The van der Waals surface area contributed by atoms with E-state index in [0.717, 1.165) is 17.0 Å². The fourth-order valence-electron chi connectivity index (χ4n) is 2.71. The number of aryl methyl sites for hydroxylation is 3. The van der Waals surface area contributed by atoms with E-state index in [2.05, 4.69) is 10.4 Å². The largest absolute Gasteiger partial charge is 0.478 e. The molecule has 2 rings (SSSR count). The van der Waals surface area contributed by atoms with Gasteiger partial charge in [-0.25, -0.2) is 4.79 Å². The summed E-state index contributed by atoms with van der Waals surface area (Å²) in [6.07, 6.45) is 0.592. The third-order valence-electron chi connectivity index (χ3n) is 4.35. The molecule has 6 nitrogen and oxygen atoms in total. The fourth-order valence-corrected chi connectivity index (χ4v) is 2.71. The molecule has 0 saturated heterocycles. The Bertz CT molecular complexity index is 793. The van der Waals surface area contributed by atoms with Crippen LogP contribution >= 0.6 is 0 Å². The van der Waals surface area contributed by atoms with Gasteiger partial charge in [0.1, 0.15) is 0 Å². The normalized spacial score (nSPS) is 12.0. The van der Waals surface area contributed by atoms with Gasteiger partial charge in [-0.1, -0.05) is 13.0 Å². The number of benzene rings is 1. The number of nitrogens with one attached hydrogen (secondary N) is 1. The summed E-state index contributed by atoms with van der Waals surface area (Å²) in [5.74, 6) is -1.39. The highest BCUT2D eigenvalue weighted by atomic mass is 16.4. The van der Waals surface area contributed by atoms with Crippen molar-refractivity contribution in [1.29, 1.82) is 0 Å². The summed E-state index contributed by atoms with van der Waals surface area (Å²) < 4.78 is 1.81. The Balaban J connectivity index is 2.12. The lowest BCUT2D eigenvalue weighted by Crippen LogP contribution is -2.22. The summed E-state index contributed by atoms with van der Waals surface area (Å²) in [7, 11) is 1.89. The van der Waals surface area contributed by atoms with Gasteiger partial charge in [0.2, 0.25) is 5.91 Å². The van der Waals surface area contributed by atoms with E-state index in [1.54, 1.807) is 19.1 Å². The van der Waals surface area contributed by atoms with E-state index >= 15 is 0 Å². The van der Waals surface area contributed by atoms with Gasteiger partial charge in [-0.15, -0.1) is 0 Å². The first-order chi connectivity index (χ1) is 11.2. The molecule has 1 heterocycles. The zero-order chi connectivity index (χ0) is 18.0. The molecule has 0 spiro atoms. The molecule has 2 N–H and O–H groups in total. The van der Waals surface area contributed by atoms with Gasteiger partial charge in [-0.2, -0.15) is 5.10 Å². The van der Waals surface area contributed by atoms with Crippen LogP contribution in [-0.4, -0.2) is 26.8 Å². The number of amides is 1. The van der Waals surface area contributed by atoms with Crippen molar-refractivity contribution in [3.8, 4) is 0 Å². The zero-order valence-electron chi connectivity index (χ0n) is 14.7. The van der Waals surface area contributed by atoms with Crippen molar-refractivity contribution >= 4 is 17.6 Å². The van der Waals surface area contributed by atoms with Crippen LogP contribution in [0.4, 0.5) is 5.69 Å². The quantitative estimate of drug-likeness (QED) is 0.883. The van der Waals surface area contributed by atoms with Crippen molar-refractivity contribution in [2.75, 3.05) is 5.32 Å². The second kappa shape index (κ2) is 6.86. The van der Waals surface area contributed by atoms with Crippen LogP contribution in [0.3, 0.4) is 0 Å². The monoisotopic (exact) mass is 329 g/mol. The molecule has 2 aromatic rings. The number of carbonyl (C=O) groups is 2. The van der Waals surface area contributed by atoms with E-state index in [0.29, 0.717) is 17.7 Å². The zero-order valence-corrected chi connectivity index (χ0v) is 14.7. The first-order valence-corrected chi connectivity index (χ1v) is 7.84. The van der Waals surface area contributed by atoms with Crippen LogP contribution in [0.1, 0.15) is 39.8 Å². The lowest BCUT2D eigenvalue weighted by atomic mass is 9.98. The molecule has 0 bridgehead atoms. The van der Waals surface area contributed by atoms with E-state index in [1.807, 2.05) is 32.5 Å². The van der Waals surface area contributed by atoms with Crippen LogP contribution in [0.15, 0.2) is 18.2 Å². The number of nitrogens with zero attached hydrogens (tertiary/aromatic N) is 2. The highest BCUT2D eigenvalue weighted by Gasteiger charge is 2.19. The highest BCUT2D eigenvalue weighted by Crippen LogP contribution is 2.20. The molecule has 0 radical (unpaired) electrons. The molecule has 24 heavy (non-hydrogen) atoms. The number of hydrogen-bond donors (Lipinski definition) is 2. The van der Waals surface area contributed by atoms with E-state index in [9.17, 15) is 9.59 Å². The molecule has 1 unspecified atom stereocenters. The summed E-state index contributed by atoms with van der Waals surface area (Å²) >= 11 is 0. The summed E-state index contributed by atoms with van der Waals surface area (Å²) in [6.45, 7) is 7.50. The SMILES string of the molecule is Cc1ccc(NC(=O)C(C)Cc2c(C)nn(C)c2C)cc1C(=O)O. The Hall–Kier alpha value is -2.63. The third-order valence-corrected chi connectivity index (χ3v) is 4.35. The maximum Gasteiger partial charge on any atom is 0.336 e. The molecule has 128 valence electrons. The first-order valence-electron chi connectivity index (χ1n) is 7.84. The number of hydrogen-bond acceptors (Lipinski definition) is 3. The van der Waals surface area contributed by atoms with Gasteiger partial charge in [-0.3, -0.25) is 9.48 Å². The number of carboxylic acids is 1. The summed E-state index contributed by atoms with van der Waals surface area (Å²) in [4.78, 5) is 23.6. The molecule has 1 aromatic heterocycles. The lowest BCUT2D eigenvalue weighted by Gasteiger charge is -2.13. The van der Waals surface area contributed by atoms with Crippen molar-refractivity contribution in [3.05, 3.63) is 46.3 Å². The number of anilines is 1. The number of carboxylic acid groups (broad SMARTS) is 1. The summed E-state index contributed by atoms with van der Waals surface area (Å²) in [6, 6.07) is 4.90. The third kappa shape index (κ3) is 3.64. The average Bonchev–Trinajstić information content (AvgIpc) is 2.75. The number of rotatable bonds is 5. The van der Waals surface area contributed by atoms with Crippen LogP contribution in [0.25, 0.3) is 0 Å². The minimum absolute atomic E-state index is 0.141. The van der Waals surface area contributed by atoms with Gasteiger partial charge in [-0.05, 0) is 50.5 Å². The smallest absolute Gasteiger partial charge is 0.336 e. The molecule has 0 saturated carbocycles. The van der Waals surface area contributed by atoms with Crippen molar-refractivity contribution in [3.63, 3.8) is 0 Å². The van der Waals surface area contributed by atoms with Crippen LogP contribution in [-0.2, 0) is 18.3 Å². The second-order valence-electron chi connectivity index (χ2n) is 6.20. The van der Waals surface area contributed by atoms with E-state index in [4.69, 9.17) is 5.11 Å². The van der Waals surface area contributed by atoms with Gasteiger partial charge >= 0.3 is 5.97 Å². The van der Waals surface area contributed by atoms with Crippen LogP contribution in [0, 0.1) is 26.7 Å². The average molecular weight is 329 g/mol. The molecule has 0 aliphatic rings. The number of aromatic nitrogens is 2. The lowest BCUT2D eigenvalue weighted by molar-refractivity contribution is -0.119. The topological polar surface area (TPSA) is 84.2 Å². The molecule has 0 aliphatic heterocycles. The van der Waals surface area contributed by atoms with Crippen molar-refractivity contribution in [2.45, 2.75) is 34.1 Å². The van der Waals surface area contributed by atoms with Crippen LogP contribution in [0.5, 0.6) is 0 Å². The maximum absolute atomic E-state index is 12.4. The van der Waals surface area contributed by atoms with Gasteiger partial charge in [0.25, 0.3) is 0 Å². The van der Waals surface area contributed by atoms with Crippen molar-refractivity contribution in [2.24, 2.45) is 13.0 Å². The van der Waals surface area contributed by atoms with Crippen LogP contribution in [0.2, 0.25) is 0 Å². The van der Waals surface area contributed by atoms with Gasteiger partial charge in [0, 0.05) is 24.3 Å². The standard InChI is InChI=1S/C18H23N3O3/c1-10-6-7-14(9-15(10)18(23)24)19-17(22)11(2)8-16-12(3)20-21(5)13(16)4/h6-7,9,11H,8H2,1-5H3,(H,19,22)(H,23,24). The molecule has 1 aromatic carbocycles. The van der Waals surface area contributed by atoms with Crippen molar-refractivity contribution < 1.29 is 14.7 Å². The minimum Gasteiger partial charge on any atom is -0.478 e. The molecule has 0 fully saturated rings. The summed E-state index contributed by atoms with van der Waals surface area (Å²) in [5.41, 5.74) is 4.41. The predicted octanol–water partition coefficient (Wildman–Crippen LogP) is 2.86. The molecule has 1 atom stereocenters. The molecular weight excluding hydrogens is 306 g/mol. The number of carbonyl (C=O) groups excluding carboxylic acids is 1.